The van der Waals surface area contributed by atoms with Crippen molar-refractivity contribution < 1.29 is 4.74 Å². The van der Waals surface area contributed by atoms with Crippen molar-refractivity contribution in [3.63, 3.8) is 0 Å². The topological polar surface area (TPSA) is 60.8 Å². The molecule has 0 fully saturated rings. The van der Waals surface area contributed by atoms with Gasteiger partial charge in [0.25, 0.3) is 0 Å². The Balaban J connectivity index is 1.19. The molecule has 11 rings (SSSR count). The van der Waals surface area contributed by atoms with Crippen LogP contribution in [0.3, 0.4) is 0 Å². The summed E-state index contributed by atoms with van der Waals surface area (Å²) in [6.45, 7) is 0. The number of rotatable bonds is 4. The van der Waals surface area contributed by atoms with Crippen molar-refractivity contribution in [2.24, 2.45) is 0 Å². The lowest BCUT2D eigenvalue weighted by Crippen LogP contribution is -2.32. The minimum Gasteiger partial charge on any atom is -0.457 e. The summed E-state index contributed by atoms with van der Waals surface area (Å²) in [6.07, 6.45) is 1.87. The summed E-state index contributed by atoms with van der Waals surface area (Å²) in [5.74, 6) is 3.61. The molecule has 0 saturated carbocycles. The van der Waals surface area contributed by atoms with Crippen molar-refractivity contribution >= 4 is 10.9 Å². The average molecular weight is 691 g/mol. The van der Waals surface area contributed by atoms with Gasteiger partial charge in [0, 0.05) is 45.0 Å². The first-order valence-corrected chi connectivity index (χ1v) is 18.1. The molecule has 0 unspecified atom stereocenters. The van der Waals surface area contributed by atoms with Crippen LogP contribution in [0, 0.1) is 0 Å². The molecule has 0 atom stereocenters. The maximum atomic E-state index is 6.60. The van der Waals surface area contributed by atoms with Gasteiger partial charge >= 0.3 is 0 Å². The largest absolute Gasteiger partial charge is 0.457 e. The van der Waals surface area contributed by atoms with Gasteiger partial charge in [0.2, 0.25) is 0 Å². The monoisotopic (exact) mass is 690 g/mol. The molecule has 5 heteroatoms. The third-order valence-electron chi connectivity index (χ3n) is 10.8. The molecule has 2 aromatic heterocycles. The highest BCUT2D eigenvalue weighted by Gasteiger charge is 2.51. The molecule has 1 spiro atoms. The molecule has 54 heavy (non-hydrogen) atoms. The number of nitrogens with zero attached hydrogens (tertiary/aromatic N) is 4. The molecule has 252 valence electrons. The second kappa shape index (κ2) is 11.9. The molecule has 0 bridgehead atoms. The van der Waals surface area contributed by atoms with Crippen molar-refractivity contribution in [1.29, 1.82) is 0 Å². The van der Waals surface area contributed by atoms with E-state index in [1.54, 1.807) is 0 Å². The van der Waals surface area contributed by atoms with E-state index < -0.39 is 5.41 Å². The van der Waals surface area contributed by atoms with E-state index in [1.807, 2.05) is 85.1 Å². The van der Waals surface area contributed by atoms with Crippen molar-refractivity contribution in [2.45, 2.75) is 5.41 Å². The molecular formula is C49H30N4O. The number of benzene rings is 7. The van der Waals surface area contributed by atoms with Gasteiger partial charge in [-0.2, -0.15) is 0 Å². The highest BCUT2D eigenvalue weighted by atomic mass is 16.5. The van der Waals surface area contributed by atoms with Crippen LogP contribution < -0.4 is 4.74 Å². The van der Waals surface area contributed by atoms with Gasteiger partial charge < -0.3 is 4.74 Å². The quantitative estimate of drug-likeness (QED) is 0.184. The zero-order chi connectivity index (χ0) is 35.6. The van der Waals surface area contributed by atoms with Crippen LogP contribution in [0.4, 0.5) is 0 Å². The molecular weight excluding hydrogens is 661 g/mol. The first-order valence-electron chi connectivity index (χ1n) is 18.1. The van der Waals surface area contributed by atoms with Crippen LogP contribution in [0.5, 0.6) is 11.5 Å². The lowest BCUT2D eigenvalue weighted by atomic mass is 9.66. The minimum absolute atomic E-state index is 0.604. The van der Waals surface area contributed by atoms with E-state index in [2.05, 4.69) is 97.1 Å². The van der Waals surface area contributed by atoms with Gasteiger partial charge in [-0.25, -0.2) is 15.0 Å². The van der Waals surface area contributed by atoms with Crippen molar-refractivity contribution in [2.75, 3.05) is 0 Å². The summed E-state index contributed by atoms with van der Waals surface area (Å²) < 4.78 is 6.60. The molecule has 0 amide bonds. The first kappa shape index (κ1) is 30.4. The van der Waals surface area contributed by atoms with E-state index in [4.69, 9.17) is 24.7 Å². The Hall–Kier alpha value is -7.24. The number of pyridine rings is 1. The predicted molar refractivity (Wildman–Crippen MR) is 214 cm³/mol. The van der Waals surface area contributed by atoms with Crippen LogP contribution in [0.2, 0.25) is 0 Å². The number of aromatic nitrogens is 4. The van der Waals surface area contributed by atoms with E-state index in [0.29, 0.717) is 17.5 Å². The highest BCUT2D eigenvalue weighted by Crippen LogP contribution is 2.62. The normalized spacial score (nSPS) is 13.1. The molecule has 0 saturated heterocycles. The second-order valence-electron chi connectivity index (χ2n) is 13.8. The highest BCUT2D eigenvalue weighted by molar-refractivity contribution is 5.97. The Morgan fingerprint density at radius 2 is 0.889 bits per heavy atom. The standard InChI is InChI=1S/C49H30N4O/c1-3-13-32(14-4-1)46-51-47(33-15-5-2-6-16-33)53-48(52-46)35-25-27-40-38(30-35)37-29-34(36-19-11-17-31-18-12-28-50-45(31)36)24-26-39(37)49(40)41-20-7-9-22-43(41)54-44-23-10-8-21-42(44)49/h1-30H. The summed E-state index contributed by atoms with van der Waals surface area (Å²) in [4.78, 5) is 20.0. The SMILES string of the molecule is c1ccc(-c2nc(-c3ccccc3)nc(-c3ccc4c(c3)-c3cc(-c5cccc6cccnc56)ccc3C43c4ccccc4Oc4ccccc43)n2)cc1. The molecule has 2 aliphatic rings. The van der Waals surface area contributed by atoms with Gasteiger partial charge in [0.1, 0.15) is 11.5 Å². The Kier molecular flexibility index (Phi) is 6.70. The van der Waals surface area contributed by atoms with Crippen LogP contribution in [0.25, 0.3) is 67.3 Å². The smallest absolute Gasteiger partial charge is 0.164 e. The van der Waals surface area contributed by atoms with Crippen LogP contribution in [-0.2, 0) is 5.41 Å². The molecule has 1 aliphatic carbocycles. The Labute approximate surface area is 312 Å². The summed E-state index contributed by atoms with van der Waals surface area (Å²) in [5, 5.41) is 1.11. The number of para-hydroxylation sites is 3. The van der Waals surface area contributed by atoms with Gasteiger partial charge in [0.15, 0.2) is 17.5 Å². The number of fused-ring (bicyclic) bond motifs is 10. The minimum atomic E-state index is -0.604. The zero-order valence-corrected chi connectivity index (χ0v) is 29.0. The fourth-order valence-corrected chi connectivity index (χ4v) is 8.49. The molecule has 7 aromatic carbocycles. The number of hydrogen-bond donors (Lipinski definition) is 0. The van der Waals surface area contributed by atoms with E-state index in [9.17, 15) is 0 Å². The van der Waals surface area contributed by atoms with Gasteiger partial charge in [-0.3, -0.25) is 4.98 Å². The number of hydrogen-bond acceptors (Lipinski definition) is 5. The fourth-order valence-electron chi connectivity index (χ4n) is 8.49. The molecule has 3 heterocycles. The lowest BCUT2D eigenvalue weighted by molar-refractivity contribution is 0.436. The van der Waals surface area contributed by atoms with E-state index >= 15 is 0 Å². The predicted octanol–water partition coefficient (Wildman–Crippen LogP) is 11.6. The molecule has 9 aromatic rings. The Bertz CT molecular complexity index is 2810. The lowest BCUT2D eigenvalue weighted by Gasteiger charge is -2.39. The summed E-state index contributed by atoms with van der Waals surface area (Å²) in [5.41, 5.74) is 12.3. The summed E-state index contributed by atoms with van der Waals surface area (Å²) in [7, 11) is 0. The Morgan fingerprint density at radius 1 is 0.370 bits per heavy atom. The van der Waals surface area contributed by atoms with Crippen molar-refractivity contribution in [3.8, 4) is 67.9 Å². The zero-order valence-electron chi connectivity index (χ0n) is 29.0. The maximum Gasteiger partial charge on any atom is 0.164 e. The van der Waals surface area contributed by atoms with Crippen LogP contribution >= 0.6 is 0 Å². The summed E-state index contributed by atoms with van der Waals surface area (Å²) >= 11 is 0. The van der Waals surface area contributed by atoms with Gasteiger partial charge in [-0.15, -0.1) is 0 Å². The maximum absolute atomic E-state index is 6.60. The van der Waals surface area contributed by atoms with Crippen molar-refractivity contribution in [1.82, 2.24) is 19.9 Å². The third-order valence-corrected chi connectivity index (χ3v) is 10.8. The van der Waals surface area contributed by atoms with Crippen LogP contribution in [-0.4, -0.2) is 19.9 Å². The first-order chi connectivity index (χ1) is 26.8. The number of ether oxygens (including phenoxy) is 1. The van der Waals surface area contributed by atoms with E-state index in [-0.39, 0.29) is 0 Å². The second-order valence-corrected chi connectivity index (χ2v) is 13.8. The molecule has 5 nitrogen and oxygen atoms in total. The third kappa shape index (κ3) is 4.52. The van der Waals surface area contributed by atoms with E-state index in [0.717, 1.165) is 72.5 Å². The molecule has 1 aliphatic heterocycles. The van der Waals surface area contributed by atoms with E-state index in [1.165, 1.54) is 11.1 Å². The fraction of sp³-hybridized carbons (Fsp3) is 0.0204. The molecule has 0 radical (unpaired) electrons. The van der Waals surface area contributed by atoms with Crippen molar-refractivity contribution in [3.05, 3.63) is 204 Å². The van der Waals surface area contributed by atoms with Gasteiger partial charge in [0.05, 0.1) is 10.9 Å². The Morgan fingerprint density at radius 3 is 1.52 bits per heavy atom. The summed E-state index contributed by atoms with van der Waals surface area (Å²) in [6, 6.07) is 61.3. The van der Waals surface area contributed by atoms with Gasteiger partial charge in [-0.1, -0.05) is 146 Å². The molecule has 0 N–H and O–H groups in total. The van der Waals surface area contributed by atoms with Crippen LogP contribution in [0.15, 0.2) is 182 Å². The van der Waals surface area contributed by atoms with Crippen LogP contribution in [0.1, 0.15) is 22.3 Å². The average Bonchev–Trinajstić information content (AvgIpc) is 3.53. The van der Waals surface area contributed by atoms with Gasteiger partial charge in [-0.05, 0) is 58.1 Å².